The summed E-state index contributed by atoms with van der Waals surface area (Å²) in [5.41, 5.74) is 1.18. The standard InChI is InChI=1S/C17H28O2SSi/c1-15-9-11-16(12-10-15)20(18)14-8-7-13-19-21(5,6)17(2,3)4/h8-12,14H,7,13H2,1-6H3/b14-8+/t20-/m1/s1. The number of hydrogen-bond donors (Lipinski definition) is 0. The Labute approximate surface area is 133 Å². The van der Waals surface area contributed by atoms with Crippen molar-refractivity contribution in [1.29, 1.82) is 0 Å². The van der Waals surface area contributed by atoms with Crippen LogP contribution < -0.4 is 0 Å². The van der Waals surface area contributed by atoms with Crippen LogP contribution in [0.25, 0.3) is 0 Å². The molecule has 1 rings (SSSR count). The minimum absolute atomic E-state index is 0.238. The van der Waals surface area contributed by atoms with Crippen molar-refractivity contribution in [2.24, 2.45) is 0 Å². The minimum atomic E-state index is -1.66. The van der Waals surface area contributed by atoms with Crippen LogP contribution in [0.1, 0.15) is 32.8 Å². The van der Waals surface area contributed by atoms with Crippen molar-refractivity contribution in [2.45, 2.75) is 57.1 Å². The molecule has 0 fully saturated rings. The Balaban J connectivity index is 2.42. The van der Waals surface area contributed by atoms with Crippen LogP contribution in [0.3, 0.4) is 0 Å². The van der Waals surface area contributed by atoms with Crippen LogP contribution in [0.15, 0.2) is 40.6 Å². The Morgan fingerprint density at radius 3 is 2.29 bits per heavy atom. The Morgan fingerprint density at radius 2 is 1.76 bits per heavy atom. The minimum Gasteiger partial charge on any atom is -0.417 e. The van der Waals surface area contributed by atoms with Gasteiger partial charge in [0.05, 0.1) is 10.8 Å². The van der Waals surface area contributed by atoms with Crippen molar-refractivity contribution in [3.8, 4) is 0 Å². The molecule has 0 amide bonds. The van der Waals surface area contributed by atoms with E-state index in [2.05, 4.69) is 33.9 Å². The highest BCUT2D eigenvalue weighted by Crippen LogP contribution is 2.36. The first-order valence-electron chi connectivity index (χ1n) is 7.41. The van der Waals surface area contributed by atoms with Gasteiger partial charge in [0.25, 0.3) is 0 Å². The molecule has 1 atom stereocenters. The first-order valence-corrected chi connectivity index (χ1v) is 11.5. The predicted octanol–water partition coefficient (Wildman–Crippen LogP) is 5.03. The fourth-order valence-electron chi connectivity index (χ4n) is 1.51. The lowest BCUT2D eigenvalue weighted by atomic mass is 10.2. The molecule has 0 aromatic heterocycles. The molecule has 0 unspecified atom stereocenters. The van der Waals surface area contributed by atoms with Crippen molar-refractivity contribution in [1.82, 2.24) is 0 Å². The lowest BCUT2D eigenvalue weighted by Gasteiger charge is -2.36. The Morgan fingerprint density at radius 1 is 1.19 bits per heavy atom. The molecule has 21 heavy (non-hydrogen) atoms. The van der Waals surface area contributed by atoms with Gasteiger partial charge >= 0.3 is 0 Å². The van der Waals surface area contributed by atoms with Crippen LogP contribution in [0.5, 0.6) is 0 Å². The average molecular weight is 325 g/mol. The fraction of sp³-hybridized carbons (Fsp3) is 0.529. The summed E-state index contributed by atoms with van der Waals surface area (Å²) in [5.74, 6) is 0. The van der Waals surface area contributed by atoms with Gasteiger partial charge in [-0.3, -0.25) is 0 Å². The maximum Gasteiger partial charge on any atom is 0.191 e. The summed E-state index contributed by atoms with van der Waals surface area (Å²) >= 11 is 0. The molecular weight excluding hydrogens is 296 g/mol. The molecule has 0 saturated carbocycles. The molecule has 0 bridgehead atoms. The van der Waals surface area contributed by atoms with E-state index in [1.54, 1.807) is 5.41 Å². The molecule has 1 aromatic rings. The Hall–Kier alpha value is -0.713. The summed E-state index contributed by atoms with van der Waals surface area (Å²) in [6.45, 7) is 14.0. The van der Waals surface area contributed by atoms with Gasteiger partial charge in [-0.15, -0.1) is 0 Å². The van der Waals surface area contributed by atoms with Crippen LogP contribution >= 0.6 is 0 Å². The quantitative estimate of drug-likeness (QED) is 0.542. The number of aryl methyl sites for hydroxylation is 1. The summed E-state index contributed by atoms with van der Waals surface area (Å²) < 4.78 is 18.2. The van der Waals surface area contributed by atoms with Crippen LogP contribution in [0.2, 0.25) is 18.1 Å². The largest absolute Gasteiger partial charge is 0.417 e. The summed E-state index contributed by atoms with van der Waals surface area (Å²) in [5, 5.41) is 2.00. The van der Waals surface area contributed by atoms with Gasteiger partial charge in [-0.05, 0) is 43.6 Å². The molecule has 0 saturated heterocycles. The van der Waals surface area contributed by atoms with Gasteiger partial charge < -0.3 is 4.43 Å². The van der Waals surface area contributed by atoms with Gasteiger partial charge in [-0.2, -0.15) is 0 Å². The second-order valence-corrected chi connectivity index (χ2v) is 13.0. The molecule has 0 aliphatic carbocycles. The van der Waals surface area contributed by atoms with Crippen molar-refractivity contribution >= 4 is 19.1 Å². The fourth-order valence-corrected chi connectivity index (χ4v) is 3.44. The molecule has 0 heterocycles. The Kier molecular flexibility index (Phi) is 6.57. The number of benzene rings is 1. The molecule has 1 aromatic carbocycles. The van der Waals surface area contributed by atoms with Gasteiger partial charge in [0.15, 0.2) is 8.32 Å². The number of rotatable bonds is 6. The maximum absolute atomic E-state index is 12.1. The molecule has 0 aliphatic rings. The van der Waals surface area contributed by atoms with Gasteiger partial charge in [0, 0.05) is 16.9 Å². The van der Waals surface area contributed by atoms with E-state index >= 15 is 0 Å². The van der Waals surface area contributed by atoms with E-state index in [1.807, 2.05) is 37.3 Å². The first kappa shape index (κ1) is 18.3. The van der Waals surface area contributed by atoms with E-state index < -0.39 is 19.1 Å². The van der Waals surface area contributed by atoms with Crippen LogP contribution in [0, 0.1) is 6.92 Å². The molecular formula is C17H28O2SSi. The van der Waals surface area contributed by atoms with Crippen LogP contribution in [-0.2, 0) is 15.2 Å². The molecule has 118 valence electrons. The zero-order valence-corrected chi connectivity index (χ0v) is 15.9. The van der Waals surface area contributed by atoms with E-state index in [4.69, 9.17) is 4.43 Å². The molecule has 4 heteroatoms. The third kappa shape index (κ3) is 5.89. The first-order chi connectivity index (χ1) is 9.63. The zero-order valence-electron chi connectivity index (χ0n) is 14.1. The molecule has 0 N–H and O–H groups in total. The molecule has 0 spiro atoms. The van der Waals surface area contributed by atoms with Crippen LogP contribution in [-0.4, -0.2) is 19.1 Å². The summed E-state index contributed by atoms with van der Waals surface area (Å²) in [6.07, 6.45) is 2.77. The third-order valence-corrected chi connectivity index (χ3v) is 9.74. The van der Waals surface area contributed by atoms with Crippen molar-refractivity contribution in [3.63, 3.8) is 0 Å². The van der Waals surface area contributed by atoms with Crippen molar-refractivity contribution in [3.05, 3.63) is 41.3 Å². The maximum atomic E-state index is 12.1. The van der Waals surface area contributed by atoms with Crippen molar-refractivity contribution < 1.29 is 8.63 Å². The normalized spacial score (nSPS) is 14.6. The molecule has 0 radical (unpaired) electrons. The molecule has 0 aliphatic heterocycles. The van der Waals surface area contributed by atoms with Crippen LogP contribution in [0.4, 0.5) is 0 Å². The van der Waals surface area contributed by atoms with E-state index in [0.717, 1.165) is 11.3 Å². The summed E-state index contributed by atoms with van der Waals surface area (Å²) in [7, 11) is -2.72. The Bertz CT molecular complexity index is 499. The van der Waals surface area contributed by atoms with E-state index in [0.29, 0.717) is 6.61 Å². The SMILES string of the molecule is Cc1ccc([S@](=O)/C=C/CCO[Si](C)(C)C(C)(C)C)cc1. The zero-order chi connectivity index (χ0) is 16.1. The summed E-state index contributed by atoms with van der Waals surface area (Å²) in [6, 6.07) is 7.81. The lowest BCUT2D eigenvalue weighted by molar-refractivity contribution is 0.294. The van der Waals surface area contributed by atoms with Gasteiger partial charge in [0.2, 0.25) is 0 Å². The van der Waals surface area contributed by atoms with Gasteiger partial charge in [-0.25, -0.2) is 4.21 Å². The van der Waals surface area contributed by atoms with E-state index in [9.17, 15) is 4.21 Å². The topological polar surface area (TPSA) is 26.3 Å². The highest BCUT2D eigenvalue weighted by Gasteiger charge is 2.36. The lowest BCUT2D eigenvalue weighted by Crippen LogP contribution is -2.40. The second kappa shape index (κ2) is 7.52. The monoisotopic (exact) mass is 324 g/mol. The number of hydrogen-bond acceptors (Lipinski definition) is 2. The van der Waals surface area contributed by atoms with Gasteiger partial charge in [0.1, 0.15) is 0 Å². The van der Waals surface area contributed by atoms with E-state index in [-0.39, 0.29) is 5.04 Å². The van der Waals surface area contributed by atoms with Crippen molar-refractivity contribution in [2.75, 3.05) is 6.61 Å². The molecule has 2 nitrogen and oxygen atoms in total. The van der Waals surface area contributed by atoms with Gasteiger partial charge in [-0.1, -0.05) is 44.5 Å². The predicted molar refractivity (Wildman–Crippen MR) is 94.5 cm³/mol. The van der Waals surface area contributed by atoms with E-state index in [1.165, 1.54) is 5.56 Å². The highest BCUT2D eigenvalue weighted by molar-refractivity contribution is 7.88. The average Bonchev–Trinajstić information content (AvgIpc) is 2.37. The summed E-state index contributed by atoms with van der Waals surface area (Å²) in [4.78, 5) is 0.849. The third-order valence-electron chi connectivity index (χ3n) is 4.03. The second-order valence-electron chi connectivity index (χ2n) is 6.88. The highest BCUT2D eigenvalue weighted by atomic mass is 32.2. The smallest absolute Gasteiger partial charge is 0.191 e.